The Balaban J connectivity index is 2.06. The molecule has 0 aliphatic rings. The third-order valence-corrected chi connectivity index (χ3v) is 5.37. The zero-order valence-corrected chi connectivity index (χ0v) is 19.0. The zero-order valence-electron chi connectivity index (χ0n) is 19.0. The van der Waals surface area contributed by atoms with E-state index in [1.54, 1.807) is 25.1 Å². The molecule has 2 amide bonds. The van der Waals surface area contributed by atoms with Gasteiger partial charge in [0.25, 0.3) is 11.8 Å². The van der Waals surface area contributed by atoms with Crippen LogP contribution in [0.2, 0.25) is 0 Å². The Hall–Kier alpha value is -3.67. The van der Waals surface area contributed by atoms with Crippen LogP contribution in [0.3, 0.4) is 0 Å². The highest BCUT2D eigenvalue weighted by molar-refractivity contribution is 6.09. The molecular weight excluding hydrogens is 459 g/mol. The monoisotopic (exact) mass is 486 g/mol. The number of pyridine rings is 2. The standard InChI is InChI=1S/C24H27FN4O6/c1-2-17(32)10-27-23(34)21-22(33)19-18(20(29-21)24(35)28-16(11-30)12-31)8-14(9-26-19)7-13-3-5-15(25)6-4-13/h3-6,8-9,16-17,30-33H,2,7,10-12H2,1H3,(H,27,34)(H,28,35). The molecule has 0 radical (unpaired) electrons. The second kappa shape index (κ2) is 11.6. The predicted octanol–water partition coefficient (Wildman–Crippen LogP) is 0.649. The number of benzene rings is 1. The molecule has 11 heteroatoms. The largest absolute Gasteiger partial charge is 0.504 e. The van der Waals surface area contributed by atoms with Gasteiger partial charge in [-0.1, -0.05) is 19.1 Å². The van der Waals surface area contributed by atoms with Crippen molar-refractivity contribution in [2.75, 3.05) is 19.8 Å². The van der Waals surface area contributed by atoms with Crippen molar-refractivity contribution in [2.24, 2.45) is 0 Å². The van der Waals surface area contributed by atoms with E-state index in [9.17, 15) is 34.4 Å². The molecule has 2 aromatic heterocycles. The maximum absolute atomic E-state index is 13.2. The van der Waals surface area contributed by atoms with Gasteiger partial charge in [0, 0.05) is 18.1 Å². The van der Waals surface area contributed by atoms with E-state index in [0.717, 1.165) is 5.56 Å². The average Bonchev–Trinajstić information content (AvgIpc) is 2.87. The number of rotatable bonds is 10. The summed E-state index contributed by atoms with van der Waals surface area (Å²) in [6.45, 7) is 0.581. The Bertz CT molecular complexity index is 1200. The SMILES string of the molecule is CCC(O)CNC(=O)c1nc(C(=O)NC(CO)CO)c2cc(Cc3ccc(F)cc3)cnc2c1O. The number of aliphatic hydroxyl groups is 3. The number of aliphatic hydroxyl groups excluding tert-OH is 3. The molecule has 0 saturated heterocycles. The van der Waals surface area contributed by atoms with Crippen molar-refractivity contribution in [3.63, 3.8) is 0 Å². The molecule has 1 unspecified atom stereocenters. The minimum atomic E-state index is -0.972. The molecule has 0 aliphatic heterocycles. The number of halogens is 1. The van der Waals surface area contributed by atoms with Gasteiger partial charge in [0.15, 0.2) is 11.4 Å². The van der Waals surface area contributed by atoms with Crippen molar-refractivity contribution in [1.29, 1.82) is 0 Å². The van der Waals surface area contributed by atoms with E-state index in [1.165, 1.54) is 18.3 Å². The van der Waals surface area contributed by atoms with Crippen molar-refractivity contribution in [3.8, 4) is 5.75 Å². The summed E-state index contributed by atoms with van der Waals surface area (Å²) in [5.41, 5.74) is 0.637. The summed E-state index contributed by atoms with van der Waals surface area (Å²) < 4.78 is 13.2. The van der Waals surface area contributed by atoms with Crippen LogP contribution < -0.4 is 10.6 Å². The molecule has 0 saturated carbocycles. The Morgan fingerprint density at radius 2 is 1.74 bits per heavy atom. The van der Waals surface area contributed by atoms with Crippen molar-refractivity contribution >= 4 is 22.7 Å². The van der Waals surface area contributed by atoms with Gasteiger partial charge in [-0.2, -0.15) is 0 Å². The third-order valence-electron chi connectivity index (χ3n) is 5.37. The van der Waals surface area contributed by atoms with E-state index in [0.29, 0.717) is 18.4 Å². The Morgan fingerprint density at radius 3 is 2.37 bits per heavy atom. The number of carbonyl (C=O) groups excluding carboxylic acids is 2. The summed E-state index contributed by atoms with van der Waals surface area (Å²) in [6, 6.07) is 6.45. The van der Waals surface area contributed by atoms with Crippen molar-refractivity contribution in [1.82, 2.24) is 20.6 Å². The molecule has 1 atom stereocenters. The van der Waals surface area contributed by atoms with Gasteiger partial charge >= 0.3 is 0 Å². The van der Waals surface area contributed by atoms with Crippen LogP contribution in [-0.4, -0.2) is 74.1 Å². The van der Waals surface area contributed by atoms with Crippen LogP contribution in [0.4, 0.5) is 4.39 Å². The van der Waals surface area contributed by atoms with E-state index < -0.39 is 48.6 Å². The van der Waals surface area contributed by atoms with E-state index in [-0.39, 0.29) is 29.0 Å². The molecule has 0 fully saturated rings. The van der Waals surface area contributed by atoms with Crippen LogP contribution in [0.25, 0.3) is 10.9 Å². The van der Waals surface area contributed by atoms with Gasteiger partial charge in [0.05, 0.1) is 25.4 Å². The van der Waals surface area contributed by atoms with Crippen LogP contribution >= 0.6 is 0 Å². The van der Waals surface area contributed by atoms with Crippen molar-refractivity contribution in [3.05, 3.63) is 64.9 Å². The normalized spacial score (nSPS) is 12.1. The van der Waals surface area contributed by atoms with Gasteiger partial charge in [0.2, 0.25) is 0 Å². The number of nitrogens with one attached hydrogen (secondary N) is 2. The topological polar surface area (TPSA) is 165 Å². The van der Waals surface area contributed by atoms with Gasteiger partial charge in [-0.3, -0.25) is 14.6 Å². The molecule has 186 valence electrons. The maximum Gasteiger partial charge on any atom is 0.273 e. The lowest BCUT2D eigenvalue weighted by Crippen LogP contribution is -2.40. The summed E-state index contributed by atoms with van der Waals surface area (Å²) in [5, 5.41) is 44.1. The van der Waals surface area contributed by atoms with Crippen LogP contribution in [-0.2, 0) is 6.42 Å². The lowest BCUT2D eigenvalue weighted by atomic mass is 10.0. The van der Waals surface area contributed by atoms with Gasteiger partial charge in [0.1, 0.15) is 17.0 Å². The Kier molecular flexibility index (Phi) is 8.63. The molecule has 3 aromatic rings. The van der Waals surface area contributed by atoms with Crippen LogP contribution in [0.5, 0.6) is 5.75 Å². The first-order valence-electron chi connectivity index (χ1n) is 11.0. The Labute approximate surface area is 200 Å². The van der Waals surface area contributed by atoms with E-state index in [4.69, 9.17) is 0 Å². The molecule has 0 aliphatic carbocycles. The highest BCUT2D eigenvalue weighted by Crippen LogP contribution is 2.29. The number of fused-ring (bicyclic) bond motifs is 1. The summed E-state index contributed by atoms with van der Waals surface area (Å²) in [7, 11) is 0. The van der Waals surface area contributed by atoms with Gasteiger partial charge in [-0.15, -0.1) is 0 Å². The van der Waals surface area contributed by atoms with Gasteiger partial charge in [-0.25, -0.2) is 9.37 Å². The number of aromatic hydroxyl groups is 1. The predicted molar refractivity (Wildman–Crippen MR) is 124 cm³/mol. The highest BCUT2D eigenvalue weighted by atomic mass is 19.1. The summed E-state index contributed by atoms with van der Waals surface area (Å²) >= 11 is 0. The van der Waals surface area contributed by atoms with E-state index in [1.807, 2.05) is 0 Å². The number of amides is 2. The van der Waals surface area contributed by atoms with Gasteiger partial charge < -0.3 is 31.1 Å². The minimum Gasteiger partial charge on any atom is -0.504 e. The fourth-order valence-corrected chi connectivity index (χ4v) is 3.32. The number of nitrogens with zero attached hydrogens (tertiary/aromatic N) is 2. The average molecular weight is 487 g/mol. The number of hydrogen-bond donors (Lipinski definition) is 6. The lowest BCUT2D eigenvalue weighted by Gasteiger charge is -2.16. The summed E-state index contributed by atoms with van der Waals surface area (Å²) in [6.07, 6.45) is 1.40. The fraction of sp³-hybridized carbons (Fsp3) is 0.333. The molecule has 6 N–H and O–H groups in total. The molecular formula is C24H27FN4O6. The molecule has 10 nitrogen and oxygen atoms in total. The van der Waals surface area contributed by atoms with Crippen molar-refractivity contribution in [2.45, 2.75) is 31.9 Å². The summed E-state index contributed by atoms with van der Waals surface area (Å²) in [5.74, 6) is -2.54. The van der Waals surface area contributed by atoms with Gasteiger partial charge in [-0.05, 0) is 42.2 Å². The molecule has 2 heterocycles. The fourth-order valence-electron chi connectivity index (χ4n) is 3.32. The lowest BCUT2D eigenvalue weighted by molar-refractivity contribution is 0.0874. The molecule has 35 heavy (non-hydrogen) atoms. The molecule has 1 aromatic carbocycles. The first-order valence-corrected chi connectivity index (χ1v) is 11.0. The van der Waals surface area contributed by atoms with Crippen LogP contribution in [0, 0.1) is 5.82 Å². The highest BCUT2D eigenvalue weighted by Gasteiger charge is 2.25. The second-order valence-corrected chi connectivity index (χ2v) is 8.01. The molecule has 3 rings (SSSR count). The van der Waals surface area contributed by atoms with Crippen LogP contribution in [0.1, 0.15) is 45.4 Å². The van der Waals surface area contributed by atoms with Crippen molar-refractivity contribution < 1.29 is 34.4 Å². The smallest absolute Gasteiger partial charge is 0.273 e. The van der Waals surface area contributed by atoms with E-state index >= 15 is 0 Å². The Morgan fingerprint density at radius 1 is 1.06 bits per heavy atom. The number of aromatic nitrogens is 2. The van der Waals surface area contributed by atoms with Crippen LogP contribution in [0.15, 0.2) is 36.5 Å². The first kappa shape index (κ1) is 25.9. The molecule has 0 spiro atoms. The number of carbonyl (C=O) groups is 2. The first-order chi connectivity index (χ1) is 16.8. The quantitative estimate of drug-likeness (QED) is 0.243. The molecule has 0 bridgehead atoms. The second-order valence-electron chi connectivity index (χ2n) is 8.01. The maximum atomic E-state index is 13.2. The van der Waals surface area contributed by atoms with E-state index in [2.05, 4.69) is 20.6 Å². The summed E-state index contributed by atoms with van der Waals surface area (Å²) in [4.78, 5) is 33.9. The number of hydrogen-bond acceptors (Lipinski definition) is 8. The zero-order chi connectivity index (χ0) is 25.5. The third kappa shape index (κ3) is 6.27. The minimum absolute atomic E-state index is 0.0567.